The van der Waals surface area contributed by atoms with E-state index in [9.17, 15) is 0 Å². The van der Waals surface area contributed by atoms with Crippen LogP contribution in [0.3, 0.4) is 0 Å². The molecule has 5 heteroatoms. The number of hydrazone groups is 1. The van der Waals surface area contributed by atoms with E-state index in [0.29, 0.717) is 15.7 Å². The smallest absolute Gasteiger partial charge is 0.0795 e. The highest BCUT2D eigenvalue weighted by atomic mass is 35.5. The molecule has 0 saturated carbocycles. The van der Waals surface area contributed by atoms with Crippen LogP contribution in [0.15, 0.2) is 41.5 Å². The van der Waals surface area contributed by atoms with Crippen molar-refractivity contribution in [3.05, 3.63) is 57.6 Å². The second-order valence-electron chi connectivity index (χ2n) is 5.49. The molecule has 0 aliphatic heterocycles. The van der Waals surface area contributed by atoms with Gasteiger partial charge < -0.3 is 5.73 Å². The predicted octanol–water partition coefficient (Wildman–Crippen LogP) is 5.52. The van der Waals surface area contributed by atoms with E-state index in [2.05, 4.69) is 6.92 Å². The normalized spacial score (nSPS) is 11.6. The van der Waals surface area contributed by atoms with E-state index >= 15 is 0 Å². The van der Waals surface area contributed by atoms with Crippen molar-refractivity contribution in [1.29, 1.82) is 0 Å². The van der Waals surface area contributed by atoms with E-state index in [1.807, 2.05) is 43.1 Å². The molecule has 0 atom stereocenters. The van der Waals surface area contributed by atoms with Gasteiger partial charge in [0.1, 0.15) is 0 Å². The average molecular weight is 350 g/mol. The Bertz CT molecular complexity index is 726. The minimum atomic E-state index is 0.622. The highest BCUT2D eigenvalue weighted by Crippen LogP contribution is 2.30. The highest BCUT2D eigenvalue weighted by Gasteiger charge is 2.12. The number of nitrogen functional groups attached to an aromatic ring is 1. The third-order valence-corrected chi connectivity index (χ3v) is 4.05. The molecule has 2 N–H and O–H groups in total. The van der Waals surface area contributed by atoms with E-state index in [1.54, 1.807) is 12.1 Å². The molecule has 0 aliphatic rings. The third kappa shape index (κ3) is 4.40. The summed E-state index contributed by atoms with van der Waals surface area (Å²) in [6.45, 7) is 6.82. The fourth-order valence-electron chi connectivity index (χ4n) is 2.34. The van der Waals surface area contributed by atoms with E-state index < -0.39 is 0 Å². The standard InChI is InChI=1S/C18H21Cl2N3/c1-4-9-23(18-11-14(19)6-7-16(18)20)22-13(3)15-10-12(2)5-8-17(15)21/h5-8,10-11H,4,9,21H2,1-3H3/b22-13+. The van der Waals surface area contributed by atoms with E-state index in [1.165, 1.54) is 0 Å². The Morgan fingerprint density at radius 1 is 1.17 bits per heavy atom. The molecule has 0 saturated heterocycles. The maximum atomic E-state index is 6.32. The fraction of sp³-hybridized carbons (Fsp3) is 0.278. The number of benzene rings is 2. The fourth-order valence-corrected chi connectivity index (χ4v) is 2.72. The molecule has 0 aliphatic carbocycles. The van der Waals surface area contributed by atoms with Gasteiger partial charge >= 0.3 is 0 Å². The number of nitrogens with two attached hydrogens (primary N) is 1. The largest absolute Gasteiger partial charge is 0.398 e. The summed E-state index contributed by atoms with van der Waals surface area (Å²) in [6.07, 6.45) is 0.933. The number of nitrogens with zero attached hydrogens (tertiary/aromatic N) is 2. The number of hydrogen-bond donors (Lipinski definition) is 1. The van der Waals surface area contributed by atoms with E-state index in [4.69, 9.17) is 34.0 Å². The van der Waals surface area contributed by atoms with Gasteiger partial charge in [0.25, 0.3) is 0 Å². The van der Waals surface area contributed by atoms with Gasteiger partial charge in [-0.15, -0.1) is 0 Å². The molecule has 0 heterocycles. The quantitative estimate of drug-likeness (QED) is 0.438. The Kier molecular flexibility index (Phi) is 5.91. The van der Waals surface area contributed by atoms with Crippen LogP contribution in [0, 0.1) is 6.92 Å². The topological polar surface area (TPSA) is 41.6 Å². The van der Waals surface area contributed by atoms with Crippen LogP contribution in [0.2, 0.25) is 10.0 Å². The first-order chi connectivity index (χ1) is 10.9. The minimum Gasteiger partial charge on any atom is -0.398 e. The third-order valence-electron chi connectivity index (χ3n) is 3.49. The van der Waals surface area contributed by atoms with Crippen molar-refractivity contribution in [3.63, 3.8) is 0 Å². The SMILES string of the molecule is CCCN(/N=C(\C)c1cc(C)ccc1N)c1cc(Cl)ccc1Cl. The zero-order chi connectivity index (χ0) is 17.0. The molecule has 0 fully saturated rings. The summed E-state index contributed by atoms with van der Waals surface area (Å²) in [7, 11) is 0. The van der Waals surface area contributed by atoms with Gasteiger partial charge in [0.15, 0.2) is 0 Å². The molecular weight excluding hydrogens is 329 g/mol. The van der Waals surface area contributed by atoms with Gasteiger partial charge in [-0.1, -0.05) is 41.8 Å². The van der Waals surface area contributed by atoms with Gasteiger partial charge in [-0.25, -0.2) is 0 Å². The predicted molar refractivity (Wildman–Crippen MR) is 102 cm³/mol. The summed E-state index contributed by atoms with van der Waals surface area (Å²) in [5, 5.41) is 7.87. The van der Waals surface area contributed by atoms with Gasteiger partial charge in [-0.2, -0.15) is 5.10 Å². The first-order valence-corrected chi connectivity index (χ1v) is 8.32. The lowest BCUT2D eigenvalue weighted by Gasteiger charge is -2.21. The lowest BCUT2D eigenvalue weighted by Crippen LogP contribution is -2.20. The Morgan fingerprint density at radius 3 is 2.61 bits per heavy atom. The van der Waals surface area contributed by atoms with Gasteiger partial charge in [0.05, 0.1) is 16.4 Å². The summed E-state index contributed by atoms with van der Waals surface area (Å²) in [4.78, 5) is 0. The number of aryl methyl sites for hydroxylation is 1. The molecule has 0 spiro atoms. The monoisotopic (exact) mass is 349 g/mol. The van der Waals surface area contributed by atoms with Crippen LogP contribution in [0.4, 0.5) is 11.4 Å². The number of halogens is 2. The van der Waals surface area contributed by atoms with Crippen molar-refractivity contribution in [3.8, 4) is 0 Å². The van der Waals surface area contributed by atoms with Crippen molar-refractivity contribution < 1.29 is 0 Å². The Hall–Kier alpha value is -1.71. The molecule has 0 unspecified atom stereocenters. The number of rotatable bonds is 5. The van der Waals surface area contributed by atoms with Crippen molar-refractivity contribution >= 4 is 40.3 Å². The lowest BCUT2D eigenvalue weighted by atomic mass is 10.1. The summed E-state index contributed by atoms with van der Waals surface area (Å²) < 4.78 is 0. The summed E-state index contributed by atoms with van der Waals surface area (Å²) in [6, 6.07) is 11.3. The zero-order valence-electron chi connectivity index (χ0n) is 13.6. The Morgan fingerprint density at radius 2 is 1.91 bits per heavy atom. The molecule has 0 amide bonds. The number of anilines is 2. The molecule has 2 rings (SSSR count). The molecule has 122 valence electrons. The van der Waals surface area contributed by atoms with Crippen molar-refractivity contribution in [2.75, 3.05) is 17.3 Å². The second kappa shape index (κ2) is 7.71. The second-order valence-corrected chi connectivity index (χ2v) is 6.34. The van der Waals surface area contributed by atoms with Crippen molar-refractivity contribution in [2.24, 2.45) is 5.10 Å². The van der Waals surface area contributed by atoms with Crippen molar-refractivity contribution in [2.45, 2.75) is 27.2 Å². The Balaban J connectivity index is 2.45. The first kappa shape index (κ1) is 17.6. The van der Waals surface area contributed by atoms with Crippen LogP contribution in [0.5, 0.6) is 0 Å². The minimum absolute atomic E-state index is 0.622. The molecule has 23 heavy (non-hydrogen) atoms. The van der Waals surface area contributed by atoms with Gasteiger partial charge in [-0.05, 0) is 50.6 Å². The molecule has 2 aromatic carbocycles. The molecular formula is C18H21Cl2N3. The first-order valence-electron chi connectivity index (χ1n) is 7.56. The van der Waals surface area contributed by atoms with Gasteiger partial charge in [0, 0.05) is 22.8 Å². The average Bonchev–Trinajstić information content (AvgIpc) is 2.51. The van der Waals surface area contributed by atoms with Crippen LogP contribution in [0.1, 0.15) is 31.4 Å². The Labute approximate surface area is 147 Å². The van der Waals surface area contributed by atoms with E-state index in [-0.39, 0.29) is 0 Å². The van der Waals surface area contributed by atoms with Gasteiger partial charge in [0.2, 0.25) is 0 Å². The maximum absolute atomic E-state index is 6.32. The number of hydrogen-bond acceptors (Lipinski definition) is 3. The summed E-state index contributed by atoms with van der Waals surface area (Å²) in [5.41, 5.74) is 10.5. The van der Waals surface area contributed by atoms with Crippen molar-refractivity contribution in [1.82, 2.24) is 0 Å². The van der Waals surface area contributed by atoms with Crippen LogP contribution >= 0.6 is 23.2 Å². The molecule has 2 aromatic rings. The summed E-state index contributed by atoms with van der Waals surface area (Å²) in [5.74, 6) is 0. The van der Waals surface area contributed by atoms with Crippen LogP contribution < -0.4 is 10.7 Å². The van der Waals surface area contributed by atoms with E-state index in [0.717, 1.165) is 35.5 Å². The van der Waals surface area contributed by atoms with Crippen LogP contribution in [-0.4, -0.2) is 12.3 Å². The zero-order valence-corrected chi connectivity index (χ0v) is 15.1. The summed E-state index contributed by atoms with van der Waals surface area (Å²) >= 11 is 12.4. The lowest BCUT2D eigenvalue weighted by molar-refractivity contribution is 0.806. The molecule has 0 radical (unpaired) electrons. The molecule has 0 aromatic heterocycles. The highest BCUT2D eigenvalue weighted by molar-refractivity contribution is 6.35. The van der Waals surface area contributed by atoms with Crippen LogP contribution in [0.25, 0.3) is 0 Å². The maximum Gasteiger partial charge on any atom is 0.0795 e. The van der Waals surface area contributed by atoms with Gasteiger partial charge in [-0.3, -0.25) is 5.01 Å². The van der Waals surface area contributed by atoms with Crippen LogP contribution in [-0.2, 0) is 0 Å². The molecule has 3 nitrogen and oxygen atoms in total. The molecule has 0 bridgehead atoms.